The fourth-order valence-corrected chi connectivity index (χ4v) is 3.31. The van der Waals surface area contributed by atoms with Crippen LogP contribution in [0.15, 0.2) is 42.5 Å². The number of halogens is 1. The van der Waals surface area contributed by atoms with Crippen molar-refractivity contribution in [1.29, 1.82) is 0 Å². The standard InChI is InChI=1S/C20H22ClNO3S/c1-23-18-10-4-8-16(20(26)22-12-15-7-5-11-24-15)19(18)25-13-14-6-2-3-9-17(14)21/h2-4,6,8-10,15H,5,7,11-13H2,1H3,(H,22,26)/t15-/m0/s1. The second-order valence-electron chi connectivity index (χ2n) is 6.06. The van der Waals surface area contributed by atoms with Gasteiger partial charge in [0.15, 0.2) is 11.5 Å². The number of hydrogen-bond acceptors (Lipinski definition) is 4. The molecule has 1 saturated heterocycles. The minimum Gasteiger partial charge on any atom is -0.493 e. The quantitative estimate of drug-likeness (QED) is 0.709. The third-order valence-electron chi connectivity index (χ3n) is 4.29. The maximum absolute atomic E-state index is 6.23. The molecule has 1 fully saturated rings. The first-order chi connectivity index (χ1) is 12.7. The SMILES string of the molecule is COc1cccc(C(=S)NC[C@@H]2CCCO2)c1OCc1ccccc1Cl. The molecule has 0 aliphatic carbocycles. The summed E-state index contributed by atoms with van der Waals surface area (Å²) in [5.41, 5.74) is 1.70. The van der Waals surface area contributed by atoms with Crippen LogP contribution in [0.2, 0.25) is 5.02 Å². The van der Waals surface area contributed by atoms with Crippen LogP contribution in [-0.4, -0.2) is 31.4 Å². The van der Waals surface area contributed by atoms with Crippen LogP contribution in [0.4, 0.5) is 0 Å². The third kappa shape index (κ3) is 4.67. The lowest BCUT2D eigenvalue weighted by Gasteiger charge is -2.18. The van der Waals surface area contributed by atoms with E-state index in [0.29, 0.717) is 34.7 Å². The number of ether oxygens (including phenoxy) is 3. The van der Waals surface area contributed by atoms with Crippen molar-refractivity contribution in [2.24, 2.45) is 0 Å². The number of nitrogens with one attached hydrogen (secondary N) is 1. The number of hydrogen-bond donors (Lipinski definition) is 1. The summed E-state index contributed by atoms with van der Waals surface area (Å²) in [6.45, 7) is 1.85. The van der Waals surface area contributed by atoms with Gasteiger partial charge in [-0.25, -0.2) is 0 Å². The molecule has 1 N–H and O–H groups in total. The first kappa shape index (κ1) is 19.0. The molecule has 0 unspecified atom stereocenters. The molecule has 1 atom stereocenters. The Labute approximate surface area is 164 Å². The molecular formula is C20H22ClNO3S. The molecule has 3 rings (SSSR count). The zero-order valence-electron chi connectivity index (χ0n) is 14.7. The zero-order valence-corrected chi connectivity index (χ0v) is 16.2. The topological polar surface area (TPSA) is 39.7 Å². The van der Waals surface area contributed by atoms with E-state index in [1.807, 2.05) is 42.5 Å². The molecule has 0 amide bonds. The van der Waals surface area contributed by atoms with Crippen LogP contribution in [0.1, 0.15) is 24.0 Å². The summed E-state index contributed by atoms with van der Waals surface area (Å²) in [6.07, 6.45) is 2.37. The summed E-state index contributed by atoms with van der Waals surface area (Å²) < 4.78 is 17.2. The van der Waals surface area contributed by atoms with Crippen molar-refractivity contribution < 1.29 is 14.2 Å². The van der Waals surface area contributed by atoms with Gasteiger partial charge in [-0.2, -0.15) is 0 Å². The van der Waals surface area contributed by atoms with Gasteiger partial charge in [0.05, 0.1) is 18.8 Å². The van der Waals surface area contributed by atoms with E-state index in [2.05, 4.69) is 5.32 Å². The number of benzene rings is 2. The van der Waals surface area contributed by atoms with Crippen LogP contribution in [0.3, 0.4) is 0 Å². The minimum absolute atomic E-state index is 0.214. The first-order valence-corrected chi connectivity index (χ1v) is 9.40. The fourth-order valence-electron chi connectivity index (χ4n) is 2.88. The molecule has 0 radical (unpaired) electrons. The Bertz CT molecular complexity index is 762. The highest BCUT2D eigenvalue weighted by Gasteiger charge is 2.18. The summed E-state index contributed by atoms with van der Waals surface area (Å²) in [4.78, 5) is 0.619. The highest BCUT2D eigenvalue weighted by atomic mass is 35.5. The first-order valence-electron chi connectivity index (χ1n) is 8.62. The van der Waals surface area contributed by atoms with Crippen molar-refractivity contribution in [2.45, 2.75) is 25.6 Å². The summed E-state index contributed by atoms with van der Waals surface area (Å²) in [5, 5.41) is 3.96. The van der Waals surface area contributed by atoms with Crippen LogP contribution >= 0.6 is 23.8 Å². The van der Waals surface area contributed by atoms with Gasteiger partial charge < -0.3 is 19.5 Å². The van der Waals surface area contributed by atoms with Gasteiger partial charge in [0.1, 0.15) is 11.6 Å². The van der Waals surface area contributed by atoms with E-state index in [1.165, 1.54) is 0 Å². The van der Waals surface area contributed by atoms with Crippen molar-refractivity contribution in [3.8, 4) is 11.5 Å². The molecule has 1 heterocycles. The fraction of sp³-hybridized carbons (Fsp3) is 0.350. The Morgan fingerprint density at radius 3 is 2.85 bits per heavy atom. The molecule has 0 aromatic heterocycles. The Balaban J connectivity index is 1.74. The molecule has 1 aliphatic heterocycles. The molecule has 2 aromatic rings. The van der Waals surface area contributed by atoms with Crippen molar-refractivity contribution in [2.75, 3.05) is 20.3 Å². The maximum Gasteiger partial charge on any atom is 0.171 e. The van der Waals surface area contributed by atoms with Gasteiger partial charge >= 0.3 is 0 Å². The average Bonchev–Trinajstić information content (AvgIpc) is 3.19. The molecule has 4 nitrogen and oxygen atoms in total. The molecular weight excluding hydrogens is 370 g/mol. The predicted molar refractivity (Wildman–Crippen MR) is 107 cm³/mol. The molecule has 26 heavy (non-hydrogen) atoms. The van der Waals surface area contributed by atoms with Crippen LogP contribution < -0.4 is 14.8 Å². The van der Waals surface area contributed by atoms with Crippen LogP contribution in [0.5, 0.6) is 11.5 Å². The number of methoxy groups -OCH3 is 1. The smallest absolute Gasteiger partial charge is 0.171 e. The molecule has 6 heteroatoms. The molecule has 0 spiro atoms. The third-order valence-corrected chi connectivity index (χ3v) is 5.02. The van der Waals surface area contributed by atoms with Crippen molar-refractivity contribution in [1.82, 2.24) is 5.32 Å². The van der Waals surface area contributed by atoms with Crippen LogP contribution in [0, 0.1) is 0 Å². The van der Waals surface area contributed by atoms with E-state index in [1.54, 1.807) is 7.11 Å². The maximum atomic E-state index is 6.23. The molecule has 0 bridgehead atoms. The van der Waals surface area contributed by atoms with E-state index < -0.39 is 0 Å². The predicted octanol–water partition coefficient (Wildman–Crippen LogP) is 4.37. The minimum atomic E-state index is 0.214. The van der Waals surface area contributed by atoms with Crippen molar-refractivity contribution in [3.63, 3.8) is 0 Å². The Kier molecular flexibility index (Phi) is 6.72. The number of thiocarbonyl (C=S) groups is 1. The van der Waals surface area contributed by atoms with Crippen LogP contribution in [-0.2, 0) is 11.3 Å². The van der Waals surface area contributed by atoms with Gasteiger partial charge in [-0.3, -0.25) is 0 Å². The summed E-state index contributed by atoms with van der Waals surface area (Å²) >= 11 is 11.8. The van der Waals surface area contributed by atoms with Crippen LogP contribution in [0.25, 0.3) is 0 Å². The van der Waals surface area contributed by atoms with E-state index in [-0.39, 0.29) is 6.10 Å². The van der Waals surface area contributed by atoms with Gasteiger partial charge in [0.2, 0.25) is 0 Å². The Morgan fingerprint density at radius 1 is 1.27 bits per heavy atom. The highest BCUT2D eigenvalue weighted by molar-refractivity contribution is 7.80. The highest BCUT2D eigenvalue weighted by Crippen LogP contribution is 2.32. The normalized spacial score (nSPS) is 16.3. The average molecular weight is 392 g/mol. The lowest BCUT2D eigenvalue weighted by Crippen LogP contribution is -2.31. The monoisotopic (exact) mass is 391 g/mol. The van der Waals surface area contributed by atoms with Gasteiger partial charge in [0.25, 0.3) is 0 Å². The molecule has 1 aliphatic rings. The lowest BCUT2D eigenvalue weighted by atomic mass is 10.1. The van der Waals surface area contributed by atoms with E-state index in [9.17, 15) is 0 Å². The Hall–Kier alpha value is -1.82. The van der Waals surface area contributed by atoms with E-state index in [0.717, 1.165) is 30.6 Å². The van der Waals surface area contributed by atoms with Crippen molar-refractivity contribution >= 4 is 28.8 Å². The van der Waals surface area contributed by atoms with E-state index >= 15 is 0 Å². The number of para-hydroxylation sites is 1. The summed E-state index contributed by atoms with van der Waals surface area (Å²) in [6, 6.07) is 13.3. The zero-order chi connectivity index (χ0) is 18.4. The number of rotatable bonds is 7. The van der Waals surface area contributed by atoms with Gasteiger partial charge in [-0.15, -0.1) is 0 Å². The lowest BCUT2D eigenvalue weighted by molar-refractivity contribution is 0.114. The second kappa shape index (κ2) is 9.21. The summed E-state index contributed by atoms with van der Waals surface area (Å²) in [5.74, 6) is 1.25. The second-order valence-corrected chi connectivity index (χ2v) is 6.88. The van der Waals surface area contributed by atoms with E-state index in [4.69, 9.17) is 38.0 Å². The molecule has 0 saturated carbocycles. The summed E-state index contributed by atoms with van der Waals surface area (Å²) in [7, 11) is 1.62. The van der Waals surface area contributed by atoms with Gasteiger partial charge in [-0.05, 0) is 31.0 Å². The Morgan fingerprint density at radius 2 is 2.12 bits per heavy atom. The molecule has 138 valence electrons. The molecule has 2 aromatic carbocycles. The largest absolute Gasteiger partial charge is 0.493 e. The van der Waals surface area contributed by atoms with Gasteiger partial charge in [0, 0.05) is 23.7 Å². The van der Waals surface area contributed by atoms with Gasteiger partial charge in [-0.1, -0.05) is 48.1 Å². The van der Waals surface area contributed by atoms with Crippen molar-refractivity contribution in [3.05, 3.63) is 58.6 Å².